The van der Waals surface area contributed by atoms with E-state index in [0.717, 1.165) is 11.1 Å². The van der Waals surface area contributed by atoms with Crippen molar-refractivity contribution >= 4 is 53.0 Å². The number of alkyl carbamates (subject to hydrolysis) is 1. The van der Waals surface area contributed by atoms with Gasteiger partial charge in [0, 0.05) is 35.5 Å². The number of nitrogens with one attached hydrogen (secondary N) is 6. The number of aromatic nitrogens is 2. The third-order valence-corrected chi connectivity index (χ3v) is 12.7. The average Bonchev–Trinajstić information content (AvgIpc) is 3.72. The number of ether oxygens (including phenoxy) is 2. The molecule has 0 bridgehead atoms. The van der Waals surface area contributed by atoms with Crippen molar-refractivity contribution in [3.05, 3.63) is 133 Å². The van der Waals surface area contributed by atoms with Gasteiger partial charge in [0.15, 0.2) is 5.60 Å². The highest BCUT2D eigenvalue weighted by atomic mass is 19.1. The van der Waals surface area contributed by atoms with Crippen LogP contribution in [0.15, 0.2) is 71.5 Å². The lowest BCUT2D eigenvalue weighted by Crippen LogP contribution is -2.52. The first-order valence-corrected chi connectivity index (χ1v) is 22.3. The second-order valence-corrected chi connectivity index (χ2v) is 17.0. The van der Waals surface area contributed by atoms with Crippen molar-refractivity contribution in [1.82, 2.24) is 41.5 Å². The normalized spacial score (nSPS) is 16.7. The number of rotatable bonds is 17. The van der Waals surface area contributed by atoms with Gasteiger partial charge in [0.05, 0.1) is 54.7 Å². The number of carbonyl (C=O) groups excluding carboxylic acids is 7. The molecule has 0 unspecified atom stereocenters. The third-order valence-electron chi connectivity index (χ3n) is 12.7. The first-order chi connectivity index (χ1) is 33.2. The number of aryl methyl sites for hydroxylation is 1. The van der Waals surface area contributed by atoms with Crippen LogP contribution in [-0.4, -0.2) is 82.4 Å². The Balaban J connectivity index is 0.878. The Morgan fingerprint density at radius 1 is 0.928 bits per heavy atom. The number of esters is 1. The summed E-state index contributed by atoms with van der Waals surface area (Å²) in [4.78, 5) is 106. The monoisotopic (exact) mass is 944 g/mol. The molecule has 0 saturated heterocycles. The number of cyclic esters (lactones) is 1. The molecule has 0 fully saturated rings. The smallest absolute Gasteiger partial charge is 0.407 e. The summed E-state index contributed by atoms with van der Waals surface area (Å²) in [7, 11) is 0. The number of aliphatic hydroxyl groups is 1. The van der Waals surface area contributed by atoms with Crippen LogP contribution in [-0.2, 0) is 83.0 Å². The molecule has 20 heteroatoms. The molecule has 7 N–H and O–H groups in total. The predicted molar refractivity (Wildman–Crippen MR) is 244 cm³/mol. The fraction of sp³-hybridized carbons (Fsp3) is 0.327. The second-order valence-electron chi connectivity index (χ2n) is 17.0. The zero-order valence-electron chi connectivity index (χ0n) is 37.7. The Bertz CT molecular complexity index is 2960. The minimum atomic E-state index is -2.03. The van der Waals surface area contributed by atoms with Crippen LogP contribution in [0.5, 0.6) is 0 Å². The maximum atomic E-state index is 15.4. The zero-order valence-corrected chi connectivity index (χ0v) is 37.7. The number of benzene rings is 3. The Hall–Kier alpha value is -8.00. The van der Waals surface area contributed by atoms with Crippen molar-refractivity contribution in [1.29, 1.82) is 0 Å². The molecule has 5 aromatic rings. The summed E-state index contributed by atoms with van der Waals surface area (Å²) in [5.74, 6) is -3.66. The zero-order chi connectivity index (χ0) is 49.0. The van der Waals surface area contributed by atoms with E-state index in [0.29, 0.717) is 69.4 Å². The largest absolute Gasteiger partial charge is 0.458 e. The van der Waals surface area contributed by atoms with E-state index < -0.39 is 71.3 Å². The number of amides is 6. The van der Waals surface area contributed by atoms with Crippen molar-refractivity contribution in [3.63, 3.8) is 0 Å². The molecule has 0 saturated carbocycles. The molecule has 358 valence electrons. The van der Waals surface area contributed by atoms with E-state index in [1.165, 1.54) is 10.6 Å². The van der Waals surface area contributed by atoms with Crippen LogP contribution in [0.2, 0.25) is 0 Å². The van der Waals surface area contributed by atoms with Crippen LogP contribution in [0, 0.1) is 12.7 Å². The summed E-state index contributed by atoms with van der Waals surface area (Å²) in [5.41, 5.74) is 3.58. The molecule has 0 spiro atoms. The summed E-state index contributed by atoms with van der Waals surface area (Å²) in [6, 6.07) is 17.1. The predicted octanol–water partition coefficient (Wildman–Crippen LogP) is 1.76. The van der Waals surface area contributed by atoms with Gasteiger partial charge < -0.3 is 51.0 Å². The number of halogens is 1. The van der Waals surface area contributed by atoms with Gasteiger partial charge in [-0.05, 0) is 65.6 Å². The van der Waals surface area contributed by atoms with Crippen molar-refractivity contribution in [2.75, 3.05) is 19.6 Å². The molecule has 0 radical (unpaired) electrons. The fourth-order valence-electron chi connectivity index (χ4n) is 9.02. The molecule has 3 aromatic carbocycles. The molecule has 6 amide bonds. The van der Waals surface area contributed by atoms with Crippen molar-refractivity contribution < 1.29 is 52.5 Å². The van der Waals surface area contributed by atoms with Crippen LogP contribution in [0.4, 0.5) is 9.18 Å². The molecule has 19 nitrogen and oxygen atoms in total. The number of carbonyl (C=O) groups is 7. The Kier molecular flexibility index (Phi) is 13.8. The van der Waals surface area contributed by atoms with Crippen molar-refractivity contribution in [2.45, 2.75) is 83.5 Å². The molecule has 69 heavy (non-hydrogen) atoms. The number of hydrogen-bond acceptors (Lipinski definition) is 12. The third kappa shape index (κ3) is 9.87. The Labute approximate surface area is 393 Å². The number of nitrogens with zero attached hydrogens (tertiary/aromatic N) is 2. The van der Waals surface area contributed by atoms with E-state index in [2.05, 4.69) is 31.9 Å². The van der Waals surface area contributed by atoms with Gasteiger partial charge in [-0.3, -0.25) is 28.8 Å². The van der Waals surface area contributed by atoms with Gasteiger partial charge in [-0.15, -0.1) is 0 Å². The van der Waals surface area contributed by atoms with Gasteiger partial charge in [0.2, 0.25) is 30.0 Å². The molecule has 3 atom stereocenters. The number of pyridine rings is 2. The molecule has 3 aliphatic rings. The van der Waals surface area contributed by atoms with Gasteiger partial charge >= 0.3 is 12.1 Å². The van der Waals surface area contributed by atoms with E-state index in [1.54, 1.807) is 74.5 Å². The molecule has 2 aliphatic heterocycles. The van der Waals surface area contributed by atoms with Gasteiger partial charge in [-0.25, -0.2) is 19.0 Å². The highest BCUT2D eigenvalue weighted by Gasteiger charge is 2.46. The summed E-state index contributed by atoms with van der Waals surface area (Å²) in [6.07, 6.45) is 0.550. The minimum Gasteiger partial charge on any atom is -0.458 e. The SMILES string of the molecule is CC[C@@]1(O)C(=O)OCc2c1cc1n(c2=O)Cc2c-1nc1cc(F)c(C)c3c1c2[C@@H](NC(=O)OCc1ccc(CNC(=O)CNC(=O)[C@H](Cc2ccccc2)NC(=O)CNC(=O)CNC=O)cc1)CC3. The molecular weight excluding hydrogens is 896 g/mol. The minimum absolute atomic E-state index is 0.0295. The van der Waals surface area contributed by atoms with E-state index in [9.17, 15) is 43.5 Å². The maximum Gasteiger partial charge on any atom is 0.407 e. The van der Waals surface area contributed by atoms with E-state index in [4.69, 9.17) is 14.5 Å². The van der Waals surface area contributed by atoms with E-state index in [1.807, 2.05) is 0 Å². The molecule has 4 heterocycles. The number of hydrogen-bond donors (Lipinski definition) is 7. The summed E-state index contributed by atoms with van der Waals surface area (Å²) in [5, 5.41) is 27.4. The Morgan fingerprint density at radius 2 is 1.65 bits per heavy atom. The first kappa shape index (κ1) is 47.5. The van der Waals surface area contributed by atoms with Crippen LogP contribution in [0.3, 0.4) is 0 Å². The van der Waals surface area contributed by atoms with Crippen molar-refractivity contribution in [3.8, 4) is 11.4 Å². The lowest BCUT2D eigenvalue weighted by Gasteiger charge is -2.31. The molecule has 2 aromatic heterocycles. The van der Waals surface area contributed by atoms with Gasteiger partial charge in [0.1, 0.15) is 25.1 Å². The maximum absolute atomic E-state index is 15.4. The molecule has 8 rings (SSSR count). The van der Waals surface area contributed by atoms with E-state index in [-0.39, 0.29) is 63.4 Å². The van der Waals surface area contributed by atoms with Crippen LogP contribution < -0.4 is 37.5 Å². The summed E-state index contributed by atoms with van der Waals surface area (Å²) < 4.78 is 27.7. The summed E-state index contributed by atoms with van der Waals surface area (Å²) >= 11 is 0. The standard InChI is InChI=1S/C49H49FN8O11/c1-3-49(67)33-16-38-44-31(22-58(38)46(64)32(33)24-68-47(49)65)43-35(14-13-30-26(2)34(50)17-36(56-44)42(30)43)57-48(66)69-23-29-11-9-28(10-12-29)18-52-40(61)20-54-45(63)37(15-27-7-5-4-6-8-27)55-41(62)21-53-39(60)19-51-25-59/h4-12,16-17,25,35,37,67H,3,13-15,18-24H2,1-2H3,(H,51,59)(H,52,61)(H,53,60)(H,54,63)(H,55,62)(H,57,66)/t35-,37-,49-/m0/s1. The average molecular weight is 945 g/mol. The second kappa shape index (κ2) is 20.1. The highest BCUT2D eigenvalue weighted by molar-refractivity contribution is 5.94. The Morgan fingerprint density at radius 3 is 2.39 bits per heavy atom. The topological polar surface area (TPSA) is 265 Å². The lowest BCUT2D eigenvalue weighted by atomic mass is 9.81. The molecule has 1 aliphatic carbocycles. The summed E-state index contributed by atoms with van der Waals surface area (Å²) in [6.45, 7) is 1.97. The fourth-order valence-corrected chi connectivity index (χ4v) is 9.02. The lowest BCUT2D eigenvalue weighted by molar-refractivity contribution is -0.172. The van der Waals surface area contributed by atoms with Crippen molar-refractivity contribution in [2.24, 2.45) is 0 Å². The first-order valence-electron chi connectivity index (χ1n) is 22.3. The van der Waals surface area contributed by atoms with Gasteiger partial charge in [-0.1, -0.05) is 61.5 Å². The van der Waals surface area contributed by atoms with Gasteiger partial charge in [0.25, 0.3) is 5.56 Å². The van der Waals surface area contributed by atoms with Crippen LogP contribution >= 0.6 is 0 Å². The van der Waals surface area contributed by atoms with Gasteiger partial charge in [-0.2, -0.15) is 0 Å². The van der Waals surface area contributed by atoms with Crippen LogP contribution in [0.25, 0.3) is 22.3 Å². The quantitative estimate of drug-likeness (QED) is 0.0510. The highest BCUT2D eigenvalue weighted by Crippen LogP contribution is 2.46. The number of fused-ring (bicyclic) bond motifs is 5. The van der Waals surface area contributed by atoms with E-state index >= 15 is 4.39 Å². The van der Waals surface area contributed by atoms with Crippen LogP contribution in [0.1, 0.15) is 75.9 Å². The molecular formula is C49H49FN8O11.